The maximum absolute atomic E-state index is 11.5. The third-order valence-corrected chi connectivity index (χ3v) is 3.55. The number of pyridine rings is 1. The maximum atomic E-state index is 11.5. The van der Waals surface area contributed by atoms with Crippen LogP contribution in [0.5, 0.6) is 0 Å². The van der Waals surface area contributed by atoms with Gasteiger partial charge in [0.2, 0.25) is 0 Å². The Morgan fingerprint density at radius 3 is 3.00 bits per heavy atom. The molecule has 0 bridgehead atoms. The lowest BCUT2D eigenvalue weighted by atomic mass is 10.2. The second-order valence-corrected chi connectivity index (χ2v) is 4.54. The van der Waals surface area contributed by atoms with Gasteiger partial charge in [0, 0.05) is 17.1 Å². The minimum Gasteiger partial charge on any atom is -0.294 e. The van der Waals surface area contributed by atoms with E-state index in [1.807, 2.05) is 6.26 Å². The fourth-order valence-electron chi connectivity index (χ4n) is 1.56. The van der Waals surface area contributed by atoms with E-state index in [-0.39, 0.29) is 5.78 Å². The van der Waals surface area contributed by atoms with E-state index in [1.54, 1.807) is 6.20 Å². The van der Waals surface area contributed by atoms with Gasteiger partial charge in [-0.2, -0.15) is 0 Å². The van der Waals surface area contributed by atoms with Crippen LogP contribution in [-0.4, -0.2) is 17.0 Å². The Hall–Kier alpha value is -0.350. The van der Waals surface area contributed by atoms with Crippen molar-refractivity contribution in [3.63, 3.8) is 0 Å². The summed E-state index contributed by atoms with van der Waals surface area (Å²) in [5, 5.41) is 0.862. The number of carbonyl (C=O) groups is 1. The van der Waals surface area contributed by atoms with Gasteiger partial charge >= 0.3 is 0 Å². The van der Waals surface area contributed by atoms with Gasteiger partial charge in [-0.15, -0.1) is 11.8 Å². The predicted octanol–water partition coefficient (Wildman–Crippen LogP) is 2.69. The van der Waals surface area contributed by atoms with Crippen LogP contribution in [0.3, 0.4) is 0 Å². The van der Waals surface area contributed by atoms with Crippen molar-refractivity contribution in [2.24, 2.45) is 0 Å². The third kappa shape index (κ3) is 1.42. The molecule has 2 rings (SSSR count). The Labute approximate surface area is 89.3 Å². The molecule has 2 nitrogen and oxygen atoms in total. The second kappa shape index (κ2) is 3.42. The first-order valence-corrected chi connectivity index (χ1v) is 6.00. The summed E-state index contributed by atoms with van der Waals surface area (Å²) in [7, 11) is 0. The lowest BCUT2D eigenvalue weighted by Crippen LogP contribution is -1.97. The number of nitrogens with zero attached hydrogens (tertiary/aromatic N) is 1. The fourth-order valence-corrected chi connectivity index (χ4v) is 2.65. The number of carbonyl (C=O) groups excluding carboxylic acids is 1. The number of hydrogen-bond acceptors (Lipinski definition) is 3. The zero-order valence-electron chi connectivity index (χ0n) is 7.13. The lowest BCUT2D eigenvalue weighted by Gasteiger charge is -2.04. The van der Waals surface area contributed by atoms with Crippen LogP contribution in [0.2, 0.25) is 0 Å². The third-order valence-electron chi connectivity index (χ3n) is 2.17. The molecule has 1 aliphatic rings. The van der Waals surface area contributed by atoms with Crippen LogP contribution in [0.15, 0.2) is 15.7 Å². The summed E-state index contributed by atoms with van der Waals surface area (Å²) in [6.07, 6.45) is 5.21. The Morgan fingerprint density at radius 1 is 1.54 bits per heavy atom. The number of hydrogen-bond donors (Lipinski definition) is 0. The van der Waals surface area contributed by atoms with Crippen molar-refractivity contribution in [1.29, 1.82) is 0 Å². The highest BCUT2D eigenvalue weighted by Gasteiger charge is 2.25. The average Bonchev–Trinajstić information content (AvgIpc) is 2.51. The number of rotatable bonds is 1. The van der Waals surface area contributed by atoms with E-state index in [0.29, 0.717) is 6.42 Å². The highest BCUT2D eigenvalue weighted by Crippen LogP contribution is 2.33. The van der Waals surface area contributed by atoms with Crippen molar-refractivity contribution in [2.45, 2.75) is 17.9 Å². The van der Waals surface area contributed by atoms with Gasteiger partial charge in [-0.3, -0.25) is 4.79 Å². The molecule has 0 spiro atoms. The van der Waals surface area contributed by atoms with Crippen LogP contribution in [-0.2, 0) is 6.42 Å². The van der Waals surface area contributed by atoms with Crippen LogP contribution >= 0.6 is 27.7 Å². The monoisotopic (exact) mass is 257 g/mol. The van der Waals surface area contributed by atoms with Gasteiger partial charge in [0.25, 0.3) is 0 Å². The van der Waals surface area contributed by atoms with Crippen molar-refractivity contribution in [3.05, 3.63) is 21.8 Å². The van der Waals surface area contributed by atoms with Crippen LogP contribution in [0.25, 0.3) is 0 Å². The molecule has 1 heterocycles. The molecule has 0 atom stereocenters. The molecule has 4 heteroatoms. The molecule has 0 aliphatic heterocycles. The molecule has 13 heavy (non-hydrogen) atoms. The molecule has 1 aromatic heterocycles. The molecule has 0 fully saturated rings. The Morgan fingerprint density at radius 2 is 2.31 bits per heavy atom. The van der Waals surface area contributed by atoms with Gasteiger partial charge in [0.1, 0.15) is 5.03 Å². The topological polar surface area (TPSA) is 30.0 Å². The van der Waals surface area contributed by atoms with E-state index in [1.165, 1.54) is 11.8 Å². The summed E-state index contributed by atoms with van der Waals surface area (Å²) in [6, 6.07) is 0. The zero-order valence-corrected chi connectivity index (χ0v) is 9.54. The standard InChI is InChI=1S/C9H8BrNOS/c1-13-9-8-5(2-3-7(8)12)6(10)4-11-9/h4H,2-3H2,1H3. The molecule has 0 saturated heterocycles. The molecule has 68 valence electrons. The predicted molar refractivity (Wildman–Crippen MR) is 56.4 cm³/mol. The minimum absolute atomic E-state index is 0.230. The SMILES string of the molecule is CSc1ncc(Br)c2c1C(=O)CC2. The highest BCUT2D eigenvalue weighted by atomic mass is 79.9. The Kier molecular flexibility index (Phi) is 2.43. The van der Waals surface area contributed by atoms with Crippen LogP contribution in [0.1, 0.15) is 22.3 Å². The molecule has 0 unspecified atom stereocenters. The normalized spacial score (nSPS) is 14.8. The number of fused-ring (bicyclic) bond motifs is 1. The maximum Gasteiger partial charge on any atom is 0.166 e. The number of ketones is 1. The van der Waals surface area contributed by atoms with Crippen molar-refractivity contribution < 1.29 is 4.79 Å². The molecule has 0 N–H and O–H groups in total. The molecule has 0 amide bonds. The largest absolute Gasteiger partial charge is 0.294 e. The summed E-state index contributed by atoms with van der Waals surface area (Å²) in [6.45, 7) is 0. The first kappa shape index (κ1) is 9.21. The molecule has 0 saturated carbocycles. The molecular weight excluding hydrogens is 250 g/mol. The zero-order chi connectivity index (χ0) is 9.42. The van der Waals surface area contributed by atoms with Crippen LogP contribution < -0.4 is 0 Å². The Bertz CT molecular complexity index is 378. The van der Waals surface area contributed by atoms with E-state index in [2.05, 4.69) is 20.9 Å². The van der Waals surface area contributed by atoms with Gasteiger partial charge < -0.3 is 0 Å². The number of halogens is 1. The first-order valence-electron chi connectivity index (χ1n) is 3.98. The number of aromatic nitrogens is 1. The summed E-state index contributed by atoms with van der Waals surface area (Å²) < 4.78 is 0.964. The molecule has 1 aliphatic carbocycles. The van der Waals surface area contributed by atoms with E-state index in [0.717, 1.165) is 27.0 Å². The molecule has 0 radical (unpaired) electrons. The molecule has 0 aromatic carbocycles. The van der Waals surface area contributed by atoms with Crippen molar-refractivity contribution in [1.82, 2.24) is 4.98 Å². The van der Waals surface area contributed by atoms with Crippen LogP contribution in [0, 0.1) is 0 Å². The van der Waals surface area contributed by atoms with Crippen molar-refractivity contribution in [2.75, 3.05) is 6.26 Å². The molecular formula is C9H8BrNOS. The van der Waals surface area contributed by atoms with Gasteiger partial charge in [0.15, 0.2) is 5.78 Å². The van der Waals surface area contributed by atoms with E-state index >= 15 is 0 Å². The second-order valence-electron chi connectivity index (χ2n) is 2.89. The summed E-state index contributed by atoms with van der Waals surface area (Å²) in [5.41, 5.74) is 1.96. The van der Waals surface area contributed by atoms with E-state index < -0.39 is 0 Å². The van der Waals surface area contributed by atoms with E-state index in [4.69, 9.17) is 0 Å². The number of Topliss-reactive ketones (excluding diaryl/α,β-unsaturated/α-hetero) is 1. The van der Waals surface area contributed by atoms with Crippen molar-refractivity contribution >= 4 is 33.5 Å². The smallest absolute Gasteiger partial charge is 0.166 e. The van der Waals surface area contributed by atoms with Crippen molar-refractivity contribution in [3.8, 4) is 0 Å². The van der Waals surface area contributed by atoms with Crippen LogP contribution in [0.4, 0.5) is 0 Å². The minimum atomic E-state index is 0.230. The van der Waals surface area contributed by atoms with E-state index in [9.17, 15) is 4.79 Å². The van der Waals surface area contributed by atoms with Gasteiger partial charge in [-0.1, -0.05) is 0 Å². The quantitative estimate of drug-likeness (QED) is 0.725. The summed E-state index contributed by atoms with van der Waals surface area (Å²) in [5.74, 6) is 0.230. The van der Waals surface area contributed by atoms with Gasteiger partial charge in [-0.25, -0.2) is 4.98 Å². The lowest BCUT2D eigenvalue weighted by molar-refractivity contribution is 0.0991. The summed E-state index contributed by atoms with van der Waals surface area (Å²) >= 11 is 4.95. The Balaban J connectivity index is 2.66. The average molecular weight is 258 g/mol. The summed E-state index contributed by atoms with van der Waals surface area (Å²) in [4.78, 5) is 15.7. The molecule has 1 aromatic rings. The highest BCUT2D eigenvalue weighted by molar-refractivity contribution is 9.10. The first-order chi connectivity index (χ1) is 6.24. The van der Waals surface area contributed by atoms with Gasteiger partial charge in [0.05, 0.1) is 5.56 Å². The van der Waals surface area contributed by atoms with Gasteiger partial charge in [-0.05, 0) is 34.2 Å². The fraction of sp³-hybridized carbons (Fsp3) is 0.333. The number of thioether (sulfide) groups is 1.